The smallest absolute Gasteiger partial charge is 0.326 e. The molecule has 0 aliphatic carbocycles. The minimum absolute atomic E-state index is 0.124. The standard InChI is InChI=1S/C12H25N3O3/c1-4-6-15(7-5-2)10(3)18-12(17)9-14-11(16)8-13/h10H,4-9,13H2,1-3H3,(H,14,16). The summed E-state index contributed by atoms with van der Waals surface area (Å²) in [5, 5.41) is 2.38. The molecule has 6 nitrogen and oxygen atoms in total. The van der Waals surface area contributed by atoms with Gasteiger partial charge in [-0.05, 0) is 19.8 Å². The second kappa shape index (κ2) is 9.85. The van der Waals surface area contributed by atoms with Crippen LogP contribution in [0.5, 0.6) is 0 Å². The van der Waals surface area contributed by atoms with Crippen molar-refractivity contribution in [3.63, 3.8) is 0 Å². The first-order valence-electron chi connectivity index (χ1n) is 6.45. The van der Waals surface area contributed by atoms with Crippen molar-refractivity contribution in [1.82, 2.24) is 10.2 Å². The van der Waals surface area contributed by atoms with Crippen LogP contribution in [0.3, 0.4) is 0 Å². The highest BCUT2D eigenvalue weighted by Gasteiger charge is 2.16. The highest BCUT2D eigenvalue weighted by Crippen LogP contribution is 2.03. The zero-order valence-corrected chi connectivity index (χ0v) is 11.6. The number of ether oxygens (including phenoxy) is 1. The van der Waals surface area contributed by atoms with E-state index in [2.05, 4.69) is 24.1 Å². The molecular formula is C12H25N3O3. The molecule has 0 radical (unpaired) electrons. The van der Waals surface area contributed by atoms with E-state index in [4.69, 9.17) is 10.5 Å². The van der Waals surface area contributed by atoms with Gasteiger partial charge in [0.1, 0.15) is 6.54 Å². The lowest BCUT2D eigenvalue weighted by Gasteiger charge is -2.27. The molecule has 0 aromatic rings. The minimum Gasteiger partial charge on any atom is -0.445 e. The first kappa shape index (κ1) is 16.9. The maximum absolute atomic E-state index is 11.5. The predicted octanol–water partition coefficient (Wildman–Crippen LogP) is 0.0725. The lowest BCUT2D eigenvalue weighted by Crippen LogP contribution is -2.41. The number of nitrogens with two attached hydrogens (primary N) is 1. The van der Waals surface area contributed by atoms with Crippen LogP contribution in [-0.2, 0) is 14.3 Å². The van der Waals surface area contributed by atoms with E-state index in [0.29, 0.717) is 0 Å². The van der Waals surface area contributed by atoms with Gasteiger partial charge >= 0.3 is 5.97 Å². The van der Waals surface area contributed by atoms with Crippen LogP contribution in [0.4, 0.5) is 0 Å². The molecule has 18 heavy (non-hydrogen) atoms. The summed E-state index contributed by atoms with van der Waals surface area (Å²) in [6.07, 6.45) is 1.74. The molecule has 1 amide bonds. The largest absolute Gasteiger partial charge is 0.445 e. The van der Waals surface area contributed by atoms with Gasteiger partial charge in [-0.25, -0.2) is 0 Å². The van der Waals surface area contributed by atoms with Gasteiger partial charge < -0.3 is 15.8 Å². The quantitative estimate of drug-likeness (QED) is 0.452. The Labute approximate surface area is 109 Å². The number of esters is 1. The Balaban J connectivity index is 4.05. The van der Waals surface area contributed by atoms with E-state index in [1.165, 1.54) is 0 Å². The van der Waals surface area contributed by atoms with Gasteiger partial charge in [0.2, 0.25) is 5.91 Å². The molecule has 0 heterocycles. The van der Waals surface area contributed by atoms with Crippen molar-refractivity contribution in [2.75, 3.05) is 26.2 Å². The van der Waals surface area contributed by atoms with E-state index in [1.54, 1.807) is 0 Å². The minimum atomic E-state index is -0.443. The zero-order valence-electron chi connectivity index (χ0n) is 11.6. The second-order valence-electron chi connectivity index (χ2n) is 4.11. The first-order valence-corrected chi connectivity index (χ1v) is 6.45. The summed E-state index contributed by atoms with van der Waals surface area (Å²) in [6, 6.07) is 0. The molecule has 0 aliphatic heterocycles. The topological polar surface area (TPSA) is 84.7 Å². The van der Waals surface area contributed by atoms with Gasteiger partial charge in [0.05, 0.1) is 6.54 Å². The van der Waals surface area contributed by atoms with Crippen LogP contribution >= 0.6 is 0 Å². The number of nitrogens with one attached hydrogen (secondary N) is 1. The first-order chi connectivity index (χ1) is 8.54. The van der Waals surface area contributed by atoms with Crippen LogP contribution in [0.1, 0.15) is 33.6 Å². The molecule has 3 N–H and O–H groups in total. The zero-order chi connectivity index (χ0) is 14.0. The summed E-state index contributed by atoms with van der Waals surface area (Å²) in [6.45, 7) is 7.52. The van der Waals surface area contributed by atoms with Crippen LogP contribution in [0, 0.1) is 0 Å². The lowest BCUT2D eigenvalue weighted by molar-refractivity contribution is -0.157. The predicted molar refractivity (Wildman–Crippen MR) is 69.8 cm³/mol. The highest BCUT2D eigenvalue weighted by atomic mass is 16.6. The lowest BCUT2D eigenvalue weighted by atomic mass is 10.3. The third kappa shape index (κ3) is 7.24. The Morgan fingerprint density at radius 3 is 2.28 bits per heavy atom. The van der Waals surface area contributed by atoms with Gasteiger partial charge in [-0.3, -0.25) is 14.5 Å². The SMILES string of the molecule is CCCN(CCC)C(C)OC(=O)CNC(=O)CN. The Morgan fingerprint density at radius 2 is 1.83 bits per heavy atom. The number of amides is 1. The monoisotopic (exact) mass is 259 g/mol. The normalized spacial score (nSPS) is 12.3. The van der Waals surface area contributed by atoms with Crippen LogP contribution in [0.25, 0.3) is 0 Å². The molecule has 0 fully saturated rings. The van der Waals surface area contributed by atoms with Crippen LogP contribution in [0.2, 0.25) is 0 Å². The van der Waals surface area contributed by atoms with E-state index < -0.39 is 5.97 Å². The number of nitrogens with zero attached hydrogens (tertiary/aromatic N) is 1. The Hall–Kier alpha value is -1.14. The summed E-state index contributed by atoms with van der Waals surface area (Å²) in [7, 11) is 0. The number of carbonyl (C=O) groups excluding carboxylic acids is 2. The van der Waals surface area contributed by atoms with Gasteiger partial charge in [0.25, 0.3) is 0 Å². The van der Waals surface area contributed by atoms with Crippen molar-refractivity contribution >= 4 is 11.9 Å². The number of hydrogen-bond acceptors (Lipinski definition) is 5. The third-order valence-electron chi connectivity index (χ3n) is 2.45. The fourth-order valence-corrected chi connectivity index (χ4v) is 1.60. The second-order valence-corrected chi connectivity index (χ2v) is 4.11. The van der Waals surface area contributed by atoms with Crippen molar-refractivity contribution in [2.24, 2.45) is 5.73 Å². The average Bonchev–Trinajstić information content (AvgIpc) is 2.35. The van der Waals surface area contributed by atoms with Gasteiger partial charge in [-0.2, -0.15) is 0 Å². The molecule has 106 valence electrons. The molecule has 6 heteroatoms. The molecule has 0 saturated heterocycles. The van der Waals surface area contributed by atoms with Crippen LogP contribution < -0.4 is 11.1 Å². The number of hydrogen-bond donors (Lipinski definition) is 2. The number of rotatable bonds is 9. The van der Waals surface area contributed by atoms with Gasteiger partial charge in [0, 0.05) is 13.1 Å². The Kier molecular flexibility index (Phi) is 9.22. The fraction of sp³-hybridized carbons (Fsp3) is 0.833. The maximum Gasteiger partial charge on any atom is 0.326 e. The molecular weight excluding hydrogens is 234 g/mol. The molecule has 0 aromatic heterocycles. The summed E-state index contributed by atoms with van der Waals surface area (Å²) < 4.78 is 5.24. The molecule has 1 atom stereocenters. The maximum atomic E-state index is 11.5. The van der Waals surface area contributed by atoms with Crippen LogP contribution in [0.15, 0.2) is 0 Å². The molecule has 1 unspecified atom stereocenters. The molecule has 0 spiro atoms. The van der Waals surface area contributed by atoms with Crippen molar-refractivity contribution in [2.45, 2.75) is 39.8 Å². The van der Waals surface area contributed by atoms with E-state index in [9.17, 15) is 9.59 Å². The van der Waals surface area contributed by atoms with Gasteiger partial charge in [0.15, 0.2) is 6.23 Å². The molecule has 0 aliphatic rings. The Morgan fingerprint density at radius 1 is 1.28 bits per heavy atom. The third-order valence-corrected chi connectivity index (χ3v) is 2.45. The summed E-state index contributed by atoms with van der Waals surface area (Å²) in [4.78, 5) is 24.5. The number of carbonyl (C=O) groups is 2. The van der Waals surface area contributed by atoms with Crippen molar-refractivity contribution in [3.05, 3.63) is 0 Å². The summed E-state index contributed by atoms with van der Waals surface area (Å²) in [5.74, 6) is -0.805. The average molecular weight is 259 g/mol. The van der Waals surface area contributed by atoms with Gasteiger partial charge in [-0.15, -0.1) is 0 Å². The van der Waals surface area contributed by atoms with Crippen LogP contribution in [-0.4, -0.2) is 49.2 Å². The van der Waals surface area contributed by atoms with Gasteiger partial charge in [-0.1, -0.05) is 13.8 Å². The fourth-order valence-electron chi connectivity index (χ4n) is 1.60. The molecule has 0 bridgehead atoms. The van der Waals surface area contributed by atoms with E-state index in [1.807, 2.05) is 6.92 Å². The van der Waals surface area contributed by atoms with E-state index in [0.717, 1.165) is 25.9 Å². The molecule has 0 rings (SSSR count). The highest BCUT2D eigenvalue weighted by molar-refractivity contribution is 5.82. The van der Waals surface area contributed by atoms with E-state index in [-0.39, 0.29) is 25.2 Å². The Bertz CT molecular complexity index is 253. The van der Waals surface area contributed by atoms with Crippen molar-refractivity contribution < 1.29 is 14.3 Å². The van der Waals surface area contributed by atoms with Crippen molar-refractivity contribution in [1.29, 1.82) is 0 Å². The summed E-state index contributed by atoms with van der Waals surface area (Å²) >= 11 is 0. The summed E-state index contributed by atoms with van der Waals surface area (Å²) in [5.41, 5.74) is 5.11. The molecule has 0 saturated carbocycles. The van der Waals surface area contributed by atoms with E-state index >= 15 is 0 Å². The van der Waals surface area contributed by atoms with Crippen molar-refractivity contribution in [3.8, 4) is 0 Å². The molecule has 0 aromatic carbocycles.